The Hall–Kier alpha value is -1.19. The van der Waals surface area contributed by atoms with Crippen molar-refractivity contribution in [3.05, 3.63) is 23.2 Å². The highest BCUT2D eigenvalue weighted by atomic mass is 35.5. The Balaban J connectivity index is 2.23. The van der Waals surface area contributed by atoms with E-state index in [1.165, 1.54) is 16.4 Å². The number of sulfonamides is 1. The maximum absolute atomic E-state index is 12.8. The van der Waals surface area contributed by atoms with E-state index in [0.29, 0.717) is 31.9 Å². The van der Waals surface area contributed by atoms with Crippen molar-refractivity contribution in [1.29, 1.82) is 0 Å². The summed E-state index contributed by atoms with van der Waals surface area (Å²) in [5.74, 6) is -0.318. The van der Waals surface area contributed by atoms with Crippen molar-refractivity contribution in [3.63, 3.8) is 0 Å². The highest BCUT2D eigenvalue weighted by Crippen LogP contribution is 2.28. The van der Waals surface area contributed by atoms with Crippen LogP contribution in [0.3, 0.4) is 0 Å². The molecular formula is C16H23ClN2O5S. The van der Waals surface area contributed by atoms with Crippen molar-refractivity contribution in [2.75, 3.05) is 38.2 Å². The van der Waals surface area contributed by atoms with Crippen molar-refractivity contribution >= 4 is 33.2 Å². The lowest BCUT2D eigenvalue weighted by atomic mass is 10.2. The molecule has 1 saturated heterocycles. The predicted molar refractivity (Wildman–Crippen MR) is 95.4 cm³/mol. The largest absolute Gasteiger partial charge is 0.379 e. The van der Waals surface area contributed by atoms with Crippen molar-refractivity contribution < 1.29 is 22.7 Å². The number of hydrogen-bond acceptors (Lipinski definition) is 5. The molecule has 2 rings (SSSR count). The number of carbonyl (C=O) groups excluding carboxylic acids is 1. The van der Waals surface area contributed by atoms with E-state index in [2.05, 4.69) is 5.32 Å². The Kier molecular flexibility index (Phi) is 7.21. The van der Waals surface area contributed by atoms with Crippen LogP contribution in [-0.4, -0.2) is 57.6 Å². The first-order chi connectivity index (χ1) is 11.9. The number of ether oxygens (including phenoxy) is 2. The average Bonchev–Trinajstić information content (AvgIpc) is 2.61. The highest BCUT2D eigenvalue weighted by Gasteiger charge is 2.29. The van der Waals surface area contributed by atoms with E-state index in [9.17, 15) is 13.2 Å². The minimum atomic E-state index is -3.75. The number of rotatable bonds is 7. The number of nitrogens with zero attached hydrogens (tertiary/aromatic N) is 1. The summed E-state index contributed by atoms with van der Waals surface area (Å²) in [4.78, 5) is 12.2. The molecular weight excluding hydrogens is 368 g/mol. The fourth-order valence-electron chi connectivity index (χ4n) is 2.51. The van der Waals surface area contributed by atoms with Gasteiger partial charge in [-0.1, -0.05) is 18.5 Å². The molecule has 1 aliphatic heterocycles. The number of amides is 1. The van der Waals surface area contributed by atoms with Crippen LogP contribution in [0.25, 0.3) is 0 Å². The van der Waals surface area contributed by atoms with Crippen LogP contribution in [0.5, 0.6) is 0 Å². The molecule has 1 heterocycles. The fraction of sp³-hybridized carbons (Fsp3) is 0.562. The van der Waals surface area contributed by atoms with Crippen LogP contribution in [-0.2, 0) is 24.3 Å². The minimum absolute atomic E-state index is 0.0293. The molecule has 1 unspecified atom stereocenters. The van der Waals surface area contributed by atoms with Gasteiger partial charge in [0.1, 0.15) is 11.0 Å². The van der Waals surface area contributed by atoms with E-state index in [4.69, 9.17) is 21.1 Å². The molecule has 1 fully saturated rings. The van der Waals surface area contributed by atoms with Crippen molar-refractivity contribution in [2.45, 2.75) is 31.3 Å². The number of carbonyl (C=O) groups is 1. The van der Waals surface area contributed by atoms with Crippen LogP contribution >= 0.6 is 11.6 Å². The van der Waals surface area contributed by atoms with E-state index < -0.39 is 16.1 Å². The molecule has 0 aliphatic carbocycles. The summed E-state index contributed by atoms with van der Waals surface area (Å²) in [6.45, 7) is 5.32. The van der Waals surface area contributed by atoms with Gasteiger partial charge in [-0.15, -0.1) is 0 Å². The van der Waals surface area contributed by atoms with Crippen molar-refractivity contribution in [1.82, 2.24) is 4.31 Å². The number of hydrogen-bond donors (Lipinski definition) is 1. The third-order valence-corrected chi connectivity index (χ3v) is 6.20. The summed E-state index contributed by atoms with van der Waals surface area (Å²) in [5, 5.41) is 2.80. The van der Waals surface area contributed by atoms with Crippen LogP contribution in [0, 0.1) is 0 Å². The lowest BCUT2D eigenvalue weighted by Crippen LogP contribution is -2.40. The van der Waals surface area contributed by atoms with Crippen LogP contribution in [0.2, 0.25) is 5.02 Å². The topological polar surface area (TPSA) is 84.9 Å². The lowest BCUT2D eigenvalue weighted by Gasteiger charge is -2.26. The number of halogens is 1. The summed E-state index contributed by atoms with van der Waals surface area (Å²) in [7, 11) is -3.75. The molecule has 1 aliphatic rings. The van der Waals surface area contributed by atoms with Gasteiger partial charge in [0, 0.05) is 25.4 Å². The predicted octanol–water partition coefficient (Wildman–Crippen LogP) is 2.11. The Morgan fingerprint density at radius 2 is 2.04 bits per heavy atom. The maximum atomic E-state index is 12.8. The molecule has 1 aromatic rings. The second-order valence-electron chi connectivity index (χ2n) is 5.50. The molecule has 0 radical (unpaired) electrons. The Morgan fingerprint density at radius 1 is 1.36 bits per heavy atom. The second kappa shape index (κ2) is 8.95. The monoisotopic (exact) mass is 390 g/mol. The molecule has 0 spiro atoms. The number of anilines is 1. The van der Waals surface area contributed by atoms with Gasteiger partial charge in [0.15, 0.2) is 0 Å². The SMILES string of the molecule is CCOC(CC)C(=O)Nc1ccc(Cl)c(S(=O)(=O)N2CCOCC2)c1. The zero-order valence-corrected chi connectivity index (χ0v) is 15.9. The van der Waals surface area contributed by atoms with E-state index in [0.717, 1.165) is 0 Å². The Labute approximate surface area is 153 Å². The van der Waals surface area contributed by atoms with Gasteiger partial charge in [-0.3, -0.25) is 4.79 Å². The standard InChI is InChI=1S/C16H23ClN2O5S/c1-3-14(24-4-2)16(20)18-12-5-6-13(17)15(11-12)25(21,22)19-7-9-23-10-8-19/h5-6,11,14H,3-4,7-10H2,1-2H3,(H,18,20). The van der Waals surface area contributed by atoms with E-state index in [1.54, 1.807) is 6.07 Å². The average molecular weight is 391 g/mol. The van der Waals surface area contributed by atoms with Crippen LogP contribution in [0.1, 0.15) is 20.3 Å². The van der Waals surface area contributed by atoms with Crippen LogP contribution in [0.15, 0.2) is 23.1 Å². The highest BCUT2D eigenvalue weighted by molar-refractivity contribution is 7.89. The van der Waals surface area contributed by atoms with Crippen LogP contribution in [0.4, 0.5) is 5.69 Å². The van der Waals surface area contributed by atoms with Gasteiger partial charge < -0.3 is 14.8 Å². The first kappa shape index (κ1) is 20.1. The maximum Gasteiger partial charge on any atom is 0.253 e. The molecule has 1 aromatic carbocycles. The van der Waals surface area contributed by atoms with Gasteiger partial charge in [0.25, 0.3) is 5.91 Å². The van der Waals surface area contributed by atoms with E-state index in [-0.39, 0.29) is 28.9 Å². The van der Waals surface area contributed by atoms with E-state index >= 15 is 0 Å². The Morgan fingerprint density at radius 3 is 2.64 bits per heavy atom. The molecule has 1 atom stereocenters. The molecule has 25 heavy (non-hydrogen) atoms. The molecule has 9 heteroatoms. The summed E-state index contributed by atoms with van der Waals surface area (Å²) >= 11 is 6.10. The van der Waals surface area contributed by atoms with Crippen molar-refractivity contribution in [2.24, 2.45) is 0 Å². The minimum Gasteiger partial charge on any atom is -0.379 e. The van der Waals surface area contributed by atoms with E-state index in [1.807, 2.05) is 13.8 Å². The number of nitrogens with one attached hydrogen (secondary N) is 1. The van der Waals surface area contributed by atoms with Crippen molar-refractivity contribution in [3.8, 4) is 0 Å². The molecule has 1 amide bonds. The molecule has 0 saturated carbocycles. The second-order valence-corrected chi connectivity index (χ2v) is 7.82. The third kappa shape index (κ3) is 4.92. The molecule has 1 N–H and O–H groups in total. The molecule has 7 nitrogen and oxygen atoms in total. The summed E-state index contributed by atoms with van der Waals surface area (Å²) in [5.41, 5.74) is 0.361. The van der Waals surface area contributed by atoms with Gasteiger partial charge in [0.2, 0.25) is 10.0 Å². The zero-order valence-electron chi connectivity index (χ0n) is 14.3. The summed E-state index contributed by atoms with van der Waals surface area (Å²) in [6, 6.07) is 4.41. The first-order valence-electron chi connectivity index (χ1n) is 8.20. The quantitative estimate of drug-likeness (QED) is 0.770. The molecule has 0 bridgehead atoms. The van der Waals surface area contributed by atoms with Crippen LogP contribution < -0.4 is 5.32 Å². The lowest BCUT2D eigenvalue weighted by molar-refractivity contribution is -0.127. The molecule has 0 aromatic heterocycles. The summed E-state index contributed by atoms with van der Waals surface area (Å²) in [6.07, 6.45) is -0.0633. The smallest absolute Gasteiger partial charge is 0.253 e. The van der Waals surface area contributed by atoms with Gasteiger partial charge >= 0.3 is 0 Å². The number of benzene rings is 1. The molecule has 140 valence electrons. The van der Waals surface area contributed by atoms with Gasteiger partial charge in [0.05, 0.1) is 18.2 Å². The van der Waals surface area contributed by atoms with Gasteiger partial charge in [-0.2, -0.15) is 4.31 Å². The van der Waals surface area contributed by atoms with Gasteiger partial charge in [-0.25, -0.2) is 8.42 Å². The number of morpholine rings is 1. The zero-order chi connectivity index (χ0) is 18.4. The summed E-state index contributed by atoms with van der Waals surface area (Å²) < 4.78 is 37.5. The third-order valence-electron chi connectivity index (χ3n) is 3.82. The fourth-order valence-corrected chi connectivity index (χ4v) is 4.42. The normalized spacial score (nSPS) is 17.2. The van der Waals surface area contributed by atoms with Gasteiger partial charge in [-0.05, 0) is 31.5 Å². The first-order valence-corrected chi connectivity index (χ1v) is 10.0. The Bertz CT molecular complexity index is 704.